The Bertz CT molecular complexity index is 668. The normalized spacial score (nSPS) is 20.8. The van der Waals surface area contributed by atoms with E-state index >= 15 is 0 Å². The maximum Gasteiger partial charge on any atom is 0.246 e. The molecule has 4 rings (SSSR count). The molecule has 0 spiro atoms. The monoisotopic (exact) mass is 315 g/mol. The van der Waals surface area contributed by atoms with E-state index in [0.717, 1.165) is 50.1 Å². The Morgan fingerprint density at radius 3 is 2.30 bits per heavy atom. The third-order valence-electron chi connectivity index (χ3n) is 4.83. The SMILES string of the molecule is O=C(Cn1nc2ccccc2n1)N1CCC(N2CC(O)C2)CC1. The minimum Gasteiger partial charge on any atom is -0.390 e. The molecular weight excluding hydrogens is 294 g/mol. The first-order valence-corrected chi connectivity index (χ1v) is 8.19. The summed E-state index contributed by atoms with van der Waals surface area (Å²) in [6.07, 6.45) is 1.80. The van der Waals surface area contributed by atoms with Crippen molar-refractivity contribution in [2.75, 3.05) is 26.2 Å². The van der Waals surface area contributed by atoms with E-state index in [1.165, 1.54) is 4.80 Å². The molecule has 7 heteroatoms. The van der Waals surface area contributed by atoms with Gasteiger partial charge in [-0.05, 0) is 25.0 Å². The Morgan fingerprint density at radius 2 is 1.74 bits per heavy atom. The summed E-state index contributed by atoms with van der Waals surface area (Å²) in [6, 6.07) is 8.14. The molecule has 0 atom stereocenters. The maximum absolute atomic E-state index is 12.4. The number of rotatable bonds is 3. The van der Waals surface area contributed by atoms with Crippen LogP contribution in [0.4, 0.5) is 0 Å². The first kappa shape index (κ1) is 14.6. The van der Waals surface area contributed by atoms with Gasteiger partial charge in [-0.25, -0.2) is 0 Å². The average Bonchev–Trinajstić information content (AvgIpc) is 2.94. The quantitative estimate of drug-likeness (QED) is 0.869. The van der Waals surface area contributed by atoms with E-state index in [1.807, 2.05) is 29.2 Å². The molecule has 2 aromatic rings. The van der Waals surface area contributed by atoms with Crippen LogP contribution in [-0.2, 0) is 11.3 Å². The number of carbonyl (C=O) groups is 1. The molecule has 0 radical (unpaired) electrons. The summed E-state index contributed by atoms with van der Waals surface area (Å²) in [7, 11) is 0. The molecule has 1 aromatic carbocycles. The number of carbonyl (C=O) groups excluding carboxylic acids is 1. The number of benzene rings is 1. The highest BCUT2D eigenvalue weighted by molar-refractivity contribution is 5.77. The number of piperidine rings is 1. The van der Waals surface area contributed by atoms with Gasteiger partial charge in [0.1, 0.15) is 17.6 Å². The van der Waals surface area contributed by atoms with Crippen molar-refractivity contribution in [3.05, 3.63) is 24.3 Å². The van der Waals surface area contributed by atoms with E-state index in [0.29, 0.717) is 6.04 Å². The molecule has 23 heavy (non-hydrogen) atoms. The molecule has 0 aliphatic carbocycles. The lowest BCUT2D eigenvalue weighted by Crippen LogP contribution is -2.58. The lowest BCUT2D eigenvalue weighted by molar-refractivity contribution is -0.134. The van der Waals surface area contributed by atoms with Crippen molar-refractivity contribution in [2.24, 2.45) is 0 Å². The first-order valence-electron chi connectivity index (χ1n) is 8.19. The van der Waals surface area contributed by atoms with Crippen molar-refractivity contribution in [3.63, 3.8) is 0 Å². The highest BCUT2D eigenvalue weighted by atomic mass is 16.3. The van der Waals surface area contributed by atoms with Crippen LogP contribution in [0.5, 0.6) is 0 Å². The van der Waals surface area contributed by atoms with Gasteiger partial charge in [0.05, 0.1) is 6.10 Å². The maximum atomic E-state index is 12.4. The molecule has 1 aromatic heterocycles. The minimum absolute atomic E-state index is 0.0763. The Balaban J connectivity index is 1.33. The number of aliphatic hydroxyl groups excluding tert-OH is 1. The molecular formula is C16H21N5O2. The number of aliphatic hydroxyl groups is 1. The number of likely N-dealkylation sites (tertiary alicyclic amines) is 2. The number of amides is 1. The van der Waals surface area contributed by atoms with E-state index in [1.54, 1.807) is 0 Å². The molecule has 2 fully saturated rings. The summed E-state index contributed by atoms with van der Waals surface area (Å²) < 4.78 is 0. The van der Waals surface area contributed by atoms with Crippen LogP contribution in [-0.4, -0.2) is 74.1 Å². The van der Waals surface area contributed by atoms with Crippen LogP contribution in [0.25, 0.3) is 11.0 Å². The molecule has 3 heterocycles. The average molecular weight is 315 g/mol. The smallest absolute Gasteiger partial charge is 0.246 e. The standard InChI is InChI=1S/C16H21N5O2/c22-13-9-20(10-13)12-5-7-19(8-6-12)16(23)11-21-17-14-3-1-2-4-15(14)18-21/h1-4,12-13,22H,5-11H2. The zero-order chi connectivity index (χ0) is 15.8. The second kappa shape index (κ2) is 5.90. The predicted octanol–water partition coefficient (Wildman–Crippen LogP) is 0.0988. The summed E-state index contributed by atoms with van der Waals surface area (Å²) >= 11 is 0. The zero-order valence-corrected chi connectivity index (χ0v) is 13.0. The van der Waals surface area contributed by atoms with Crippen LogP contribution in [0.2, 0.25) is 0 Å². The zero-order valence-electron chi connectivity index (χ0n) is 13.0. The fraction of sp³-hybridized carbons (Fsp3) is 0.562. The topological polar surface area (TPSA) is 74.5 Å². The largest absolute Gasteiger partial charge is 0.390 e. The number of β-amino-alcohol motifs (C(OH)–C–C–N with tert-alkyl or cyclic N) is 1. The van der Waals surface area contributed by atoms with Crippen LogP contribution in [0, 0.1) is 0 Å². The Labute approximate surface area is 134 Å². The van der Waals surface area contributed by atoms with Gasteiger partial charge in [0, 0.05) is 32.2 Å². The van der Waals surface area contributed by atoms with Crippen molar-refractivity contribution < 1.29 is 9.90 Å². The fourth-order valence-electron chi connectivity index (χ4n) is 3.46. The van der Waals surface area contributed by atoms with Gasteiger partial charge in [-0.15, -0.1) is 0 Å². The van der Waals surface area contributed by atoms with Crippen LogP contribution in [0.15, 0.2) is 24.3 Å². The van der Waals surface area contributed by atoms with Gasteiger partial charge in [-0.1, -0.05) is 12.1 Å². The van der Waals surface area contributed by atoms with Crippen molar-refractivity contribution in [1.82, 2.24) is 24.8 Å². The van der Waals surface area contributed by atoms with E-state index in [9.17, 15) is 9.90 Å². The Hall–Kier alpha value is -1.99. The van der Waals surface area contributed by atoms with Gasteiger partial charge >= 0.3 is 0 Å². The van der Waals surface area contributed by atoms with E-state index in [4.69, 9.17) is 0 Å². The number of nitrogens with zero attached hydrogens (tertiary/aromatic N) is 5. The van der Waals surface area contributed by atoms with E-state index < -0.39 is 0 Å². The van der Waals surface area contributed by atoms with Gasteiger partial charge in [-0.2, -0.15) is 15.0 Å². The second-order valence-corrected chi connectivity index (χ2v) is 6.44. The highest BCUT2D eigenvalue weighted by Gasteiger charge is 2.33. The molecule has 7 nitrogen and oxygen atoms in total. The van der Waals surface area contributed by atoms with Crippen LogP contribution < -0.4 is 0 Å². The summed E-state index contributed by atoms with van der Waals surface area (Å²) in [5.74, 6) is 0.0763. The number of hydrogen-bond acceptors (Lipinski definition) is 5. The second-order valence-electron chi connectivity index (χ2n) is 6.44. The molecule has 2 aliphatic rings. The molecule has 0 bridgehead atoms. The van der Waals surface area contributed by atoms with Crippen LogP contribution in [0.3, 0.4) is 0 Å². The molecule has 1 N–H and O–H groups in total. The van der Waals surface area contributed by atoms with Crippen LogP contribution in [0.1, 0.15) is 12.8 Å². The molecule has 2 saturated heterocycles. The number of fused-ring (bicyclic) bond motifs is 1. The van der Waals surface area contributed by atoms with Crippen LogP contribution >= 0.6 is 0 Å². The first-order chi connectivity index (χ1) is 11.2. The summed E-state index contributed by atoms with van der Waals surface area (Å²) in [6.45, 7) is 3.31. The van der Waals surface area contributed by atoms with E-state index in [2.05, 4.69) is 15.1 Å². The third kappa shape index (κ3) is 2.94. The summed E-state index contributed by atoms with van der Waals surface area (Å²) in [5, 5.41) is 18.1. The van der Waals surface area contributed by atoms with Crippen molar-refractivity contribution in [1.29, 1.82) is 0 Å². The van der Waals surface area contributed by atoms with Crippen molar-refractivity contribution >= 4 is 16.9 Å². The number of hydrogen-bond donors (Lipinski definition) is 1. The van der Waals surface area contributed by atoms with Gasteiger partial charge in [0.25, 0.3) is 0 Å². The number of aromatic nitrogens is 3. The molecule has 1 amide bonds. The lowest BCUT2D eigenvalue weighted by Gasteiger charge is -2.45. The lowest BCUT2D eigenvalue weighted by atomic mass is 9.98. The van der Waals surface area contributed by atoms with Gasteiger partial charge in [-0.3, -0.25) is 9.69 Å². The van der Waals surface area contributed by atoms with Gasteiger partial charge in [0.2, 0.25) is 5.91 Å². The van der Waals surface area contributed by atoms with Gasteiger partial charge in [0.15, 0.2) is 0 Å². The van der Waals surface area contributed by atoms with Gasteiger partial charge < -0.3 is 10.0 Å². The summed E-state index contributed by atoms with van der Waals surface area (Å²) in [4.78, 5) is 18.1. The molecule has 2 aliphatic heterocycles. The predicted molar refractivity (Wildman–Crippen MR) is 84.7 cm³/mol. The summed E-state index contributed by atoms with van der Waals surface area (Å²) in [5.41, 5.74) is 1.63. The van der Waals surface area contributed by atoms with Crippen molar-refractivity contribution in [2.45, 2.75) is 31.5 Å². The molecule has 0 unspecified atom stereocenters. The Kier molecular flexibility index (Phi) is 3.74. The molecule has 122 valence electrons. The third-order valence-corrected chi connectivity index (χ3v) is 4.83. The Morgan fingerprint density at radius 1 is 1.13 bits per heavy atom. The molecule has 0 saturated carbocycles. The van der Waals surface area contributed by atoms with E-state index in [-0.39, 0.29) is 18.6 Å². The fourth-order valence-corrected chi connectivity index (χ4v) is 3.46. The van der Waals surface area contributed by atoms with Crippen molar-refractivity contribution in [3.8, 4) is 0 Å². The highest BCUT2D eigenvalue weighted by Crippen LogP contribution is 2.21. The minimum atomic E-state index is -0.158.